The highest BCUT2D eigenvalue weighted by molar-refractivity contribution is 5.80. The standard InChI is InChI=1S/C22H41N3O3/c1-3-23-21(24-18-22(10-11-22)12-16-26-4-2)25-13-8-19(9-14-25)28-17-20-7-5-6-15-27-20/h19-20H,3-18H2,1-2H3,(H,23,24). The van der Waals surface area contributed by atoms with Crippen LogP contribution in [-0.4, -0.2) is 75.7 Å². The van der Waals surface area contributed by atoms with Crippen LogP contribution in [0.25, 0.3) is 0 Å². The van der Waals surface area contributed by atoms with Crippen LogP contribution in [0.15, 0.2) is 4.99 Å². The van der Waals surface area contributed by atoms with Crippen molar-refractivity contribution < 1.29 is 14.2 Å². The number of ether oxygens (including phenoxy) is 3. The van der Waals surface area contributed by atoms with E-state index in [4.69, 9.17) is 19.2 Å². The first-order valence-electron chi connectivity index (χ1n) is 11.6. The maximum absolute atomic E-state index is 6.16. The fourth-order valence-electron chi connectivity index (χ4n) is 4.18. The van der Waals surface area contributed by atoms with Crippen molar-refractivity contribution in [1.29, 1.82) is 0 Å². The largest absolute Gasteiger partial charge is 0.382 e. The molecule has 0 aromatic heterocycles. The van der Waals surface area contributed by atoms with Crippen molar-refractivity contribution in [1.82, 2.24) is 10.2 Å². The van der Waals surface area contributed by atoms with Gasteiger partial charge in [0.15, 0.2) is 5.96 Å². The molecule has 2 heterocycles. The number of hydrogen-bond acceptors (Lipinski definition) is 4. The molecule has 0 radical (unpaired) electrons. The van der Waals surface area contributed by atoms with Gasteiger partial charge in [0, 0.05) is 46.0 Å². The average molecular weight is 396 g/mol. The molecule has 1 N–H and O–H groups in total. The molecule has 2 aliphatic heterocycles. The molecule has 0 bridgehead atoms. The van der Waals surface area contributed by atoms with Crippen LogP contribution in [0.4, 0.5) is 0 Å². The van der Waals surface area contributed by atoms with E-state index in [-0.39, 0.29) is 0 Å². The Hall–Kier alpha value is -0.850. The van der Waals surface area contributed by atoms with E-state index in [1.165, 1.54) is 25.7 Å². The van der Waals surface area contributed by atoms with Gasteiger partial charge < -0.3 is 24.4 Å². The highest BCUT2D eigenvalue weighted by Gasteiger charge is 2.42. The van der Waals surface area contributed by atoms with Gasteiger partial charge in [-0.25, -0.2) is 0 Å². The van der Waals surface area contributed by atoms with Gasteiger partial charge in [-0.1, -0.05) is 0 Å². The van der Waals surface area contributed by atoms with E-state index in [1.54, 1.807) is 0 Å². The van der Waals surface area contributed by atoms with E-state index in [9.17, 15) is 0 Å². The smallest absolute Gasteiger partial charge is 0.193 e. The summed E-state index contributed by atoms with van der Waals surface area (Å²) >= 11 is 0. The third-order valence-corrected chi connectivity index (χ3v) is 6.37. The Morgan fingerprint density at radius 3 is 2.64 bits per heavy atom. The van der Waals surface area contributed by atoms with Crippen LogP contribution in [-0.2, 0) is 14.2 Å². The second-order valence-corrected chi connectivity index (χ2v) is 8.63. The van der Waals surface area contributed by atoms with E-state index >= 15 is 0 Å². The number of likely N-dealkylation sites (tertiary alicyclic amines) is 1. The molecule has 0 spiro atoms. The van der Waals surface area contributed by atoms with Gasteiger partial charge in [0.25, 0.3) is 0 Å². The van der Waals surface area contributed by atoms with Gasteiger partial charge in [-0.05, 0) is 70.6 Å². The lowest BCUT2D eigenvalue weighted by Gasteiger charge is -2.35. The third kappa shape index (κ3) is 6.89. The summed E-state index contributed by atoms with van der Waals surface area (Å²) in [6.45, 7) is 11.5. The maximum atomic E-state index is 6.16. The Labute approximate surface area is 171 Å². The molecule has 6 heteroatoms. The Balaban J connectivity index is 1.41. The highest BCUT2D eigenvalue weighted by Crippen LogP contribution is 2.49. The van der Waals surface area contributed by atoms with Crippen molar-refractivity contribution in [3.05, 3.63) is 0 Å². The summed E-state index contributed by atoms with van der Waals surface area (Å²) in [6, 6.07) is 0. The lowest BCUT2D eigenvalue weighted by molar-refractivity contribution is -0.0721. The maximum Gasteiger partial charge on any atom is 0.193 e. The van der Waals surface area contributed by atoms with Crippen molar-refractivity contribution in [2.45, 2.75) is 77.4 Å². The van der Waals surface area contributed by atoms with Gasteiger partial charge in [0.1, 0.15) is 0 Å². The van der Waals surface area contributed by atoms with Crippen molar-refractivity contribution in [2.24, 2.45) is 10.4 Å². The molecule has 162 valence electrons. The molecule has 3 rings (SSSR count). The zero-order chi connectivity index (χ0) is 19.7. The second-order valence-electron chi connectivity index (χ2n) is 8.63. The molecular weight excluding hydrogens is 354 g/mol. The predicted molar refractivity (Wildman–Crippen MR) is 113 cm³/mol. The zero-order valence-corrected chi connectivity index (χ0v) is 18.1. The quantitative estimate of drug-likeness (QED) is 0.350. The van der Waals surface area contributed by atoms with Crippen LogP contribution >= 0.6 is 0 Å². The van der Waals surface area contributed by atoms with Crippen LogP contribution in [0, 0.1) is 5.41 Å². The molecule has 1 aliphatic carbocycles. The molecular formula is C22H41N3O3. The summed E-state index contributed by atoms with van der Waals surface area (Å²) in [5, 5.41) is 3.50. The highest BCUT2D eigenvalue weighted by atomic mass is 16.5. The third-order valence-electron chi connectivity index (χ3n) is 6.37. The summed E-state index contributed by atoms with van der Waals surface area (Å²) < 4.78 is 17.5. The minimum absolute atomic E-state index is 0.317. The molecule has 1 saturated carbocycles. The fraction of sp³-hybridized carbons (Fsp3) is 0.955. The van der Waals surface area contributed by atoms with Crippen LogP contribution in [0.5, 0.6) is 0 Å². The van der Waals surface area contributed by atoms with Crippen molar-refractivity contribution >= 4 is 5.96 Å². The summed E-state index contributed by atoms with van der Waals surface area (Å²) in [4.78, 5) is 7.43. The number of hydrogen-bond donors (Lipinski definition) is 1. The van der Waals surface area contributed by atoms with Crippen molar-refractivity contribution in [3.8, 4) is 0 Å². The first kappa shape index (κ1) is 21.8. The van der Waals surface area contributed by atoms with E-state index < -0.39 is 0 Å². The zero-order valence-electron chi connectivity index (χ0n) is 18.1. The van der Waals surface area contributed by atoms with Crippen molar-refractivity contribution in [2.75, 3.05) is 52.6 Å². The molecule has 3 aliphatic rings. The Kier molecular flexibility index (Phi) is 8.87. The lowest BCUT2D eigenvalue weighted by atomic mass is 10.0. The number of piperidine rings is 1. The molecule has 3 fully saturated rings. The SMILES string of the molecule is CCNC(=NCC1(CCOCC)CC1)N1CCC(OCC2CCCCO2)CC1. The van der Waals surface area contributed by atoms with Crippen LogP contribution in [0.3, 0.4) is 0 Å². The fourth-order valence-corrected chi connectivity index (χ4v) is 4.18. The minimum atomic E-state index is 0.317. The summed E-state index contributed by atoms with van der Waals surface area (Å²) in [6.07, 6.45) is 10.2. The minimum Gasteiger partial charge on any atom is -0.382 e. The topological polar surface area (TPSA) is 55.3 Å². The average Bonchev–Trinajstić information content (AvgIpc) is 3.51. The van der Waals surface area contributed by atoms with E-state index in [0.29, 0.717) is 17.6 Å². The molecule has 1 atom stereocenters. The van der Waals surface area contributed by atoms with Gasteiger partial charge in [-0.15, -0.1) is 0 Å². The Bertz CT molecular complexity index is 468. The number of nitrogens with zero attached hydrogens (tertiary/aromatic N) is 2. The van der Waals surface area contributed by atoms with Gasteiger partial charge in [-0.3, -0.25) is 4.99 Å². The van der Waals surface area contributed by atoms with E-state index in [1.807, 2.05) is 0 Å². The first-order valence-corrected chi connectivity index (χ1v) is 11.6. The van der Waals surface area contributed by atoms with Gasteiger partial charge >= 0.3 is 0 Å². The molecule has 1 unspecified atom stereocenters. The molecule has 28 heavy (non-hydrogen) atoms. The lowest BCUT2D eigenvalue weighted by Crippen LogP contribution is -2.47. The molecule has 6 nitrogen and oxygen atoms in total. The van der Waals surface area contributed by atoms with E-state index in [0.717, 1.165) is 84.2 Å². The van der Waals surface area contributed by atoms with Crippen LogP contribution < -0.4 is 5.32 Å². The number of nitrogens with one attached hydrogen (secondary N) is 1. The normalized spacial score (nSPS) is 25.7. The number of rotatable bonds is 10. The Morgan fingerprint density at radius 2 is 2.00 bits per heavy atom. The summed E-state index contributed by atoms with van der Waals surface area (Å²) in [7, 11) is 0. The monoisotopic (exact) mass is 395 g/mol. The van der Waals surface area contributed by atoms with Crippen molar-refractivity contribution in [3.63, 3.8) is 0 Å². The summed E-state index contributed by atoms with van der Waals surface area (Å²) in [5.74, 6) is 1.08. The second kappa shape index (κ2) is 11.4. The molecule has 0 aromatic rings. The van der Waals surface area contributed by atoms with Crippen LogP contribution in [0.1, 0.15) is 65.2 Å². The first-order chi connectivity index (χ1) is 13.7. The summed E-state index contributed by atoms with van der Waals surface area (Å²) in [5.41, 5.74) is 0.400. The predicted octanol–water partition coefficient (Wildman–Crippen LogP) is 3.21. The molecule has 0 amide bonds. The van der Waals surface area contributed by atoms with Gasteiger partial charge in [0.05, 0.1) is 18.8 Å². The van der Waals surface area contributed by atoms with Gasteiger partial charge in [0.2, 0.25) is 0 Å². The van der Waals surface area contributed by atoms with E-state index in [2.05, 4.69) is 24.1 Å². The molecule has 0 aromatic carbocycles. The molecule has 2 saturated heterocycles. The Morgan fingerprint density at radius 1 is 1.18 bits per heavy atom. The number of guanidine groups is 1. The number of aliphatic imine (C=N–C) groups is 1. The van der Waals surface area contributed by atoms with Gasteiger partial charge in [-0.2, -0.15) is 0 Å². The van der Waals surface area contributed by atoms with Crippen LogP contribution in [0.2, 0.25) is 0 Å².